The standard InChI is InChI=1S/C25H35N3O5/c29-15-22-24-20(13-18(32-22)14-23(30)28-10-4-1-5-11-28)19-12-17(8-9-21(19)33-24)27-25(31)26-16-6-2-3-7-16/h8-9,12,16,18,20,22,24,29H,1-7,10-11,13-15H2,(H2,26,27,31)/t18-,20+,22-,24-/m0/s1. The molecule has 4 atom stereocenters. The summed E-state index contributed by atoms with van der Waals surface area (Å²) in [6.45, 7) is 1.49. The van der Waals surface area contributed by atoms with E-state index in [1.54, 1.807) is 0 Å². The molecular formula is C25H35N3O5. The van der Waals surface area contributed by atoms with Crippen LogP contribution < -0.4 is 15.4 Å². The molecule has 4 aliphatic rings. The first-order valence-corrected chi connectivity index (χ1v) is 12.5. The number of hydrogen-bond donors (Lipinski definition) is 3. The third-order valence-electron chi connectivity index (χ3n) is 7.56. The van der Waals surface area contributed by atoms with Crippen molar-refractivity contribution in [3.63, 3.8) is 0 Å². The Morgan fingerprint density at radius 3 is 2.64 bits per heavy atom. The zero-order chi connectivity index (χ0) is 22.8. The average molecular weight is 458 g/mol. The summed E-state index contributed by atoms with van der Waals surface area (Å²) in [5.74, 6) is 0.912. The maximum Gasteiger partial charge on any atom is 0.319 e. The second kappa shape index (κ2) is 9.89. The van der Waals surface area contributed by atoms with Gasteiger partial charge >= 0.3 is 6.03 Å². The number of carbonyl (C=O) groups excluding carboxylic acids is 2. The number of anilines is 1. The number of ether oxygens (including phenoxy) is 2. The molecule has 0 spiro atoms. The van der Waals surface area contributed by atoms with E-state index in [0.717, 1.165) is 55.8 Å². The SMILES string of the molecule is O=C(Nc1ccc2c(c1)[C@H]1C[C@@H](CC(=O)N3CCCCC3)O[C@@H](CO)[C@H]1O2)NC1CCCC1. The zero-order valence-corrected chi connectivity index (χ0v) is 19.1. The Labute approximate surface area is 195 Å². The number of rotatable bonds is 5. The average Bonchev–Trinajstić information content (AvgIpc) is 3.46. The minimum atomic E-state index is -0.475. The Balaban J connectivity index is 1.26. The van der Waals surface area contributed by atoms with Gasteiger partial charge in [-0.05, 0) is 56.7 Å². The highest BCUT2D eigenvalue weighted by Crippen LogP contribution is 2.47. The van der Waals surface area contributed by atoms with Crippen molar-refractivity contribution in [2.24, 2.45) is 0 Å². The van der Waals surface area contributed by atoms with Crippen LogP contribution in [0.4, 0.5) is 10.5 Å². The van der Waals surface area contributed by atoms with Gasteiger partial charge in [0, 0.05) is 36.3 Å². The smallest absolute Gasteiger partial charge is 0.319 e. The van der Waals surface area contributed by atoms with E-state index in [2.05, 4.69) is 10.6 Å². The molecule has 0 bridgehead atoms. The summed E-state index contributed by atoms with van der Waals surface area (Å²) < 4.78 is 12.3. The first kappa shape index (κ1) is 22.5. The van der Waals surface area contributed by atoms with Gasteiger partial charge in [0.2, 0.25) is 5.91 Å². The van der Waals surface area contributed by atoms with Crippen molar-refractivity contribution in [1.29, 1.82) is 0 Å². The number of urea groups is 1. The molecule has 1 saturated carbocycles. The van der Waals surface area contributed by atoms with Crippen LogP contribution in [0, 0.1) is 0 Å². The van der Waals surface area contributed by atoms with Crippen LogP contribution in [-0.2, 0) is 9.53 Å². The van der Waals surface area contributed by atoms with Gasteiger partial charge in [0.15, 0.2) is 0 Å². The molecule has 3 amide bonds. The van der Waals surface area contributed by atoms with Gasteiger partial charge in [-0.3, -0.25) is 4.79 Å². The number of piperidine rings is 1. The van der Waals surface area contributed by atoms with Crippen LogP contribution in [0.1, 0.15) is 69.3 Å². The highest BCUT2D eigenvalue weighted by molar-refractivity contribution is 5.89. The number of fused-ring (bicyclic) bond motifs is 3. The molecule has 3 fully saturated rings. The van der Waals surface area contributed by atoms with Gasteiger partial charge in [-0.1, -0.05) is 12.8 Å². The quantitative estimate of drug-likeness (QED) is 0.631. The van der Waals surface area contributed by atoms with Gasteiger partial charge in [-0.2, -0.15) is 0 Å². The van der Waals surface area contributed by atoms with E-state index < -0.39 is 6.10 Å². The van der Waals surface area contributed by atoms with Gasteiger partial charge in [0.05, 0.1) is 19.1 Å². The van der Waals surface area contributed by atoms with Crippen LogP contribution in [-0.4, -0.2) is 66.0 Å². The van der Waals surface area contributed by atoms with Crippen LogP contribution in [0.25, 0.3) is 0 Å². The Morgan fingerprint density at radius 2 is 1.88 bits per heavy atom. The molecule has 3 heterocycles. The number of carbonyl (C=O) groups is 2. The van der Waals surface area contributed by atoms with Crippen molar-refractivity contribution in [2.75, 3.05) is 25.0 Å². The highest BCUT2D eigenvalue weighted by atomic mass is 16.6. The Morgan fingerprint density at radius 1 is 1.09 bits per heavy atom. The molecule has 33 heavy (non-hydrogen) atoms. The third kappa shape index (κ3) is 4.96. The summed E-state index contributed by atoms with van der Waals surface area (Å²) in [6, 6.07) is 5.77. The summed E-state index contributed by atoms with van der Waals surface area (Å²) in [7, 11) is 0. The normalized spacial score (nSPS) is 29.2. The summed E-state index contributed by atoms with van der Waals surface area (Å²) in [5.41, 5.74) is 1.73. The number of nitrogens with zero attached hydrogens (tertiary/aromatic N) is 1. The van der Waals surface area contributed by atoms with E-state index >= 15 is 0 Å². The molecule has 1 aromatic carbocycles. The van der Waals surface area contributed by atoms with E-state index in [0.29, 0.717) is 12.8 Å². The summed E-state index contributed by atoms with van der Waals surface area (Å²) in [5, 5.41) is 16.0. The van der Waals surface area contributed by atoms with Crippen molar-refractivity contribution >= 4 is 17.6 Å². The van der Waals surface area contributed by atoms with Gasteiger partial charge in [0.1, 0.15) is 18.0 Å². The number of likely N-dealkylation sites (tertiary alicyclic amines) is 1. The summed E-state index contributed by atoms with van der Waals surface area (Å²) in [4.78, 5) is 27.2. The number of aliphatic hydroxyl groups excluding tert-OH is 1. The molecule has 0 radical (unpaired) electrons. The molecule has 2 saturated heterocycles. The molecule has 3 N–H and O–H groups in total. The minimum Gasteiger partial charge on any atom is -0.487 e. The van der Waals surface area contributed by atoms with Gasteiger partial charge in [0.25, 0.3) is 0 Å². The second-order valence-electron chi connectivity index (χ2n) is 9.88. The van der Waals surface area contributed by atoms with Crippen molar-refractivity contribution in [2.45, 2.75) is 88.1 Å². The maximum atomic E-state index is 12.8. The summed E-state index contributed by atoms with van der Waals surface area (Å²) in [6.07, 6.45) is 7.69. The van der Waals surface area contributed by atoms with Crippen molar-refractivity contribution in [3.8, 4) is 5.75 Å². The van der Waals surface area contributed by atoms with Crippen molar-refractivity contribution in [3.05, 3.63) is 23.8 Å². The fourth-order valence-corrected chi connectivity index (χ4v) is 5.86. The lowest BCUT2D eigenvalue weighted by atomic mass is 9.84. The topological polar surface area (TPSA) is 100 Å². The molecule has 180 valence electrons. The molecular weight excluding hydrogens is 422 g/mol. The largest absolute Gasteiger partial charge is 0.487 e. The molecule has 3 aliphatic heterocycles. The molecule has 1 aromatic rings. The monoisotopic (exact) mass is 457 g/mol. The lowest BCUT2D eigenvalue weighted by molar-refractivity contribution is -0.149. The predicted molar refractivity (Wildman–Crippen MR) is 123 cm³/mol. The van der Waals surface area contributed by atoms with Crippen LogP contribution in [0.5, 0.6) is 5.75 Å². The molecule has 0 unspecified atom stereocenters. The first-order valence-electron chi connectivity index (χ1n) is 12.5. The fraction of sp³-hybridized carbons (Fsp3) is 0.680. The van der Waals surface area contributed by atoms with Crippen LogP contribution in [0.3, 0.4) is 0 Å². The number of nitrogens with one attached hydrogen (secondary N) is 2. The van der Waals surface area contributed by atoms with Crippen LogP contribution >= 0.6 is 0 Å². The number of benzene rings is 1. The lowest BCUT2D eigenvalue weighted by Gasteiger charge is -2.38. The molecule has 1 aliphatic carbocycles. The molecule has 8 heteroatoms. The number of hydrogen-bond acceptors (Lipinski definition) is 5. The van der Waals surface area contributed by atoms with E-state index in [1.165, 1.54) is 19.3 Å². The number of aliphatic hydroxyl groups is 1. The highest BCUT2D eigenvalue weighted by Gasteiger charge is 2.46. The van der Waals surface area contributed by atoms with Crippen LogP contribution in [0.15, 0.2) is 18.2 Å². The minimum absolute atomic E-state index is 0.0182. The third-order valence-corrected chi connectivity index (χ3v) is 7.56. The van der Waals surface area contributed by atoms with Crippen molar-refractivity contribution < 1.29 is 24.2 Å². The van der Waals surface area contributed by atoms with Crippen molar-refractivity contribution in [1.82, 2.24) is 10.2 Å². The number of amides is 3. The molecule has 8 nitrogen and oxygen atoms in total. The Kier molecular flexibility index (Phi) is 6.74. The van der Waals surface area contributed by atoms with Gasteiger partial charge in [-0.15, -0.1) is 0 Å². The van der Waals surface area contributed by atoms with E-state index in [1.807, 2.05) is 23.1 Å². The summed E-state index contributed by atoms with van der Waals surface area (Å²) >= 11 is 0. The fourth-order valence-electron chi connectivity index (χ4n) is 5.86. The molecule has 0 aromatic heterocycles. The first-order chi connectivity index (χ1) is 16.1. The Bertz CT molecular complexity index is 866. The van der Waals surface area contributed by atoms with Crippen LogP contribution in [0.2, 0.25) is 0 Å². The maximum absolute atomic E-state index is 12.8. The van der Waals surface area contributed by atoms with E-state index in [-0.39, 0.29) is 42.7 Å². The zero-order valence-electron chi connectivity index (χ0n) is 19.1. The van der Waals surface area contributed by atoms with E-state index in [9.17, 15) is 14.7 Å². The predicted octanol–water partition coefficient (Wildman–Crippen LogP) is 3.15. The van der Waals surface area contributed by atoms with Gasteiger partial charge in [-0.25, -0.2) is 4.79 Å². The molecule has 5 rings (SSSR count). The van der Waals surface area contributed by atoms with Gasteiger partial charge < -0.3 is 30.1 Å². The lowest BCUT2D eigenvalue weighted by Crippen LogP contribution is -2.48. The van der Waals surface area contributed by atoms with E-state index in [4.69, 9.17) is 9.47 Å². The second-order valence-corrected chi connectivity index (χ2v) is 9.88. The Hall–Kier alpha value is -2.32.